The fraction of sp³-hybridized carbons (Fsp3) is 0.692. The Bertz CT molecular complexity index is 470. The molecule has 1 aromatic heterocycles. The molecule has 7 heteroatoms. The largest absolute Gasteiger partial charge is 0.447 e. The molecule has 0 aliphatic carbocycles. The van der Waals surface area contributed by atoms with Gasteiger partial charge in [-0.3, -0.25) is 0 Å². The van der Waals surface area contributed by atoms with E-state index >= 15 is 0 Å². The van der Waals surface area contributed by atoms with Crippen molar-refractivity contribution in [1.82, 2.24) is 10.0 Å². The fourth-order valence-corrected chi connectivity index (χ4v) is 2.47. The van der Waals surface area contributed by atoms with Crippen molar-refractivity contribution in [3.05, 3.63) is 17.9 Å². The Labute approximate surface area is 120 Å². The summed E-state index contributed by atoms with van der Waals surface area (Å²) < 4.78 is 36.9. The summed E-state index contributed by atoms with van der Waals surface area (Å²) in [5.41, 5.74) is 0. The van der Waals surface area contributed by atoms with Gasteiger partial charge in [-0.25, -0.2) is 13.1 Å². The smallest absolute Gasteiger partial charge is 0.274 e. The Morgan fingerprint density at radius 2 is 2.05 bits per heavy atom. The Morgan fingerprint density at radius 1 is 1.25 bits per heavy atom. The van der Waals surface area contributed by atoms with Crippen molar-refractivity contribution in [2.75, 3.05) is 26.3 Å². The summed E-state index contributed by atoms with van der Waals surface area (Å²) in [4.78, 5) is 0. The number of nitrogens with one attached hydrogen (secondary N) is 2. The van der Waals surface area contributed by atoms with Crippen molar-refractivity contribution in [3.63, 3.8) is 0 Å². The highest BCUT2D eigenvalue weighted by Gasteiger charge is 2.17. The summed E-state index contributed by atoms with van der Waals surface area (Å²) in [5.74, 6) is 0.603. The molecule has 1 aromatic rings. The molecule has 1 heterocycles. The van der Waals surface area contributed by atoms with Crippen molar-refractivity contribution in [2.24, 2.45) is 0 Å². The molecule has 116 valence electrons. The van der Waals surface area contributed by atoms with Gasteiger partial charge in [-0.2, -0.15) is 0 Å². The van der Waals surface area contributed by atoms with Crippen molar-refractivity contribution < 1.29 is 17.6 Å². The first kappa shape index (κ1) is 17.2. The number of hydrogen-bond donors (Lipinski definition) is 2. The first-order valence-corrected chi connectivity index (χ1v) is 8.45. The lowest BCUT2D eigenvalue weighted by Gasteiger charge is -2.05. The topological polar surface area (TPSA) is 80.6 Å². The van der Waals surface area contributed by atoms with Crippen LogP contribution in [0.2, 0.25) is 0 Å². The summed E-state index contributed by atoms with van der Waals surface area (Å²) in [6.07, 6.45) is 2.05. The van der Waals surface area contributed by atoms with Crippen molar-refractivity contribution in [1.29, 1.82) is 0 Å². The van der Waals surface area contributed by atoms with Crippen LogP contribution in [0.5, 0.6) is 0 Å². The molecule has 0 aromatic carbocycles. The van der Waals surface area contributed by atoms with Gasteiger partial charge in [0.1, 0.15) is 5.76 Å². The van der Waals surface area contributed by atoms with Crippen LogP contribution < -0.4 is 10.0 Å². The molecule has 6 nitrogen and oxygen atoms in total. The minimum atomic E-state index is -3.58. The summed E-state index contributed by atoms with van der Waals surface area (Å²) in [6, 6.07) is 3.13. The molecule has 0 aliphatic rings. The Hall–Kier alpha value is -0.890. The number of unbranched alkanes of at least 4 members (excludes halogenated alkanes) is 1. The summed E-state index contributed by atoms with van der Waals surface area (Å²) >= 11 is 0. The van der Waals surface area contributed by atoms with Gasteiger partial charge in [0.2, 0.25) is 5.09 Å². The maximum atomic E-state index is 11.9. The number of sulfonamides is 1. The van der Waals surface area contributed by atoms with Crippen molar-refractivity contribution in [2.45, 2.75) is 38.3 Å². The number of hydrogen-bond acceptors (Lipinski definition) is 5. The van der Waals surface area contributed by atoms with E-state index in [-0.39, 0.29) is 11.6 Å². The van der Waals surface area contributed by atoms with E-state index in [1.807, 2.05) is 6.92 Å². The van der Waals surface area contributed by atoms with E-state index in [0.717, 1.165) is 19.4 Å². The van der Waals surface area contributed by atoms with E-state index in [1.165, 1.54) is 6.07 Å². The second-order valence-electron chi connectivity index (χ2n) is 4.36. The SMILES string of the molecule is CCCCOCCNS(=O)(=O)c1ccc(CNCC)o1. The van der Waals surface area contributed by atoms with Gasteiger partial charge in [-0.1, -0.05) is 20.3 Å². The van der Waals surface area contributed by atoms with Crippen LogP contribution in [0.15, 0.2) is 21.6 Å². The molecule has 2 N–H and O–H groups in total. The normalized spacial score (nSPS) is 11.9. The highest BCUT2D eigenvalue weighted by Crippen LogP contribution is 2.13. The first-order chi connectivity index (χ1) is 9.60. The zero-order chi connectivity index (χ0) is 14.8. The molecule has 0 saturated heterocycles. The third kappa shape index (κ3) is 6.04. The fourth-order valence-electron chi connectivity index (χ4n) is 1.51. The number of rotatable bonds is 11. The molecule has 1 rings (SSSR count). The van der Waals surface area contributed by atoms with E-state index in [9.17, 15) is 8.42 Å². The van der Waals surface area contributed by atoms with E-state index in [0.29, 0.717) is 25.5 Å². The third-order valence-electron chi connectivity index (χ3n) is 2.63. The third-order valence-corrected chi connectivity index (χ3v) is 3.97. The molecule has 0 unspecified atom stereocenters. The predicted octanol–water partition coefficient (Wildman–Crippen LogP) is 1.48. The van der Waals surface area contributed by atoms with E-state index < -0.39 is 10.0 Å². The van der Waals surface area contributed by atoms with Gasteiger partial charge in [0.15, 0.2) is 0 Å². The molecule has 0 radical (unpaired) electrons. The molecule has 0 bridgehead atoms. The van der Waals surface area contributed by atoms with E-state index in [1.54, 1.807) is 6.07 Å². The van der Waals surface area contributed by atoms with Gasteiger partial charge < -0.3 is 14.5 Å². The average Bonchev–Trinajstić information content (AvgIpc) is 2.90. The lowest BCUT2D eigenvalue weighted by molar-refractivity contribution is 0.136. The highest BCUT2D eigenvalue weighted by atomic mass is 32.2. The first-order valence-electron chi connectivity index (χ1n) is 6.97. The van der Waals surface area contributed by atoms with Crippen LogP contribution in [0.1, 0.15) is 32.4 Å². The van der Waals surface area contributed by atoms with Gasteiger partial charge in [0.05, 0.1) is 13.2 Å². The summed E-state index contributed by atoms with van der Waals surface area (Å²) in [5, 5.41) is 3.02. The number of furan rings is 1. The van der Waals surface area contributed by atoms with Crippen molar-refractivity contribution >= 4 is 10.0 Å². The predicted molar refractivity (Wildman–Crippen MR) is 77.0 cm³/mol. The van der Waals surface area contributed by atoms with Gasteiger partial charge >= 0.3 is 0 Å². The van der Waals surface area contributed by atoms with Gasteiger partial charge in [-0.05, 0) is 25.1 Å². The monoisotopic (exact) mass is 304 g/mol. The second-order valence-corrected chi connectivity index (χ2v) is 6.06. The average molecular weight is 304 g/mol. The van der Waals surface area contributed by atoms with Crippen LogP contribution in [0.3, 0.4) is 0 Å². The standard InChI is InChI=1S/C13H24N2O4S/c1-3-5-9-18-10-8-15-20(16,17)13-7-6-12(19-13)11-14-4-2/h6-7,14-15H,3-5,8-11H2,1-2H3. The number of ether oxygens (including phenoxy) is 1. The Balaban J connectivity index is 2.38. The van der Waals surface area contributed by atoms with Crippen LogP contribution in [-0.4, -0.2) is 34.7 Å². The molecule has 0 fully saturated rings. The molecule has 0 aliphatic heterocycles. The van der Waals surface area contributed by atoms with Crippen LogP contribution in [-0.2, 0) is 21.3 Å². The van der Waals surface area contributed by atoms with Gasteiger partial charge in [0, 0.05) is 13.2 Å². The maximum absolute atomic E-state index is 11.9. The van der Waals surface area contributed by atoms with Crippen LogP contribution in [0, 0.1) is 0 Å². The van der Waals surface area contributed by atoms with Crippen LogP contribution >= 0.6 is 0 Å². The van der Waals surface area contributed by atoms with Gasteiger partial charge in [0.25, 0.3) is 10.0 Å². The molecule has 20 heavy (non-hydrogen) atoms. The summed E-state index contributed by atoms with van der Waals surface area (Å²) in [6.45, 7) is 6.64. The zero-order valence-electron chi connectivity index (χ0n) is 12.1. The van der Waals surface area contributed by atoms with E-state index in [2.05, 4.69) is 17.0 Å². The Kier molecular flexibility index (Phi) is 7.83. The molecule has 0 atom stereocenters. The van der Waals surface area contributed by atoms with Crippen molar-refractivity contribution in [3.8, 4) is 0 Å². The Morgan fingerprint density at radius 3 is 2.75 bits per heavy atom. The molecule has 0 amide bonds. The molecular formula is C13H24N2O4S. The molecule has 0 spiro atoms. The second kappa shape index (κ2) is 9.12. The lowest BCUT2D eigenvalue weighted by Crippen LogP contribution is -2.27. The highest BCUT2D eigenvalue weighted by molar-refractivity contribution is 7.89. The minimum Gasteiger partial charge on any atom is -0.447 e. The van der Waals surface area contributed by atoms with Crippen LogP contribution in [0.4, 0.5) is 0 Å². The van der Waals surface area contributed by atoms with Gasteiger partial charge in [-0.15, -0.1) is 0 Å². The quantitative estimate of drug-likeness (QED) is 0.605. The molecule has 0 saturated carbocycles. The van der Waals surface area contributed by atoms with Crippen LogP contribution in [0.25, 0.3) is 0 Å². The minimum absolute atomic E-state index is 0.0565. The maximum Gasteiger partial charge on any atom is 0.274 e. The zero-order valence-corrected chi connectivity index (χ0v) is 13.0. The molecular weight excluding hydrogens is 280 g/mol. The van der Waals surface area contributed by atoms with E-state index in [4.69, 9.17) is 9.15 Å². The summed E-state index contributed by atoms with van der Waals surface area (Å²) in [7, 11) is -3.58. The lowest BCUT2D eigenvalue weighted by atomic mass is 10.4.